The maximum absolute atomic E-state index is 11.7. The fraction of sp³-hybridized carbons (Fsp3) is 0.529. The molecule has 8 heteroatoms. The van der Waals surface area contributed by atoms with E-state index >= 15 is 0 Å². The molecule has 1 aromatic rings. The zero-order valence-corrected chi connectivity index (χ0v) is 14.8. The van der Waals surface area contributed by atoms with Crippen molar-refractivity contribution in [2.75, 3.05) is 25.5 Å². The molecule has 0 radical (unpaired) electrons. The third-order valence-electron chi connectivity index (χ3n) is 3.35. The summed E-state index contributed by atoms with van der Waals surface area (Å²) in [5.74, 6) is 0.751. The molecule has 0 saturated carbocycles. The van der Waals surface area contributed by atoms with Gasteiger partial charge in [0.1, 0.15) is 11.4 Å². The lowest BCUT2D eigenvalue weighted by Gasteiger charge is -2.21. The van der Waals surface area contributed by atoms with Gasteiger partial charge in [-0.05, 0) is 45.0 Å². The first-order valence-corrected chi connectivity index (χ1v) is 7.99. The fourth-order valence-corrected chi connectivity index (χ4v) is 2.20. The molecule has 8 nitrogen and oxygen atoms in total. The van der Waals surface area contributed by atoms with Crippen LogP contribution in [0.25, 0.3) is 0 Å². The van der Waals surface area contributed by atoms with Gasteiger partial charge < -0.3 is 29.6 Å². The molecule has 1 aliphatic heterocycles. The molecular weight excluding hydrogens is 328 g/mol. The van der Waals surface area contributed by atoms with Gasteiger partial charge in [-0.2, -0.15) is 0 Å². The first-order valence-electron chi connectivity index (χ1n) is 7.99. The van der Waals surface area contributed by atoms with Crippen LogP contribution in [0.4, 0.5) is 15.3 Å². The van der Waals surface area contributed by atoms with E-state index in [1.807, 2.05) is 24.3 Å². The lowest BCUT2D eigenvalue weighted by Crippen LogP contribution is -2.42. The van der Waals surface area contributed by atoms with Crippen LogP contribution in [0.1, 0.15) is 20.8 Å². The van der Waals surface area contributed by atoms with Crippen LogP contribution in [-0.2, 0) is 14.2 Å². The van der Waals surface area contributed by atoms with Crippen LogP contribution in [0.15, 0.2) is 24.3 Å². The molecule has 0 bridgehead atoms. The average Bonchev–Trinajstić information content (AvgIpc) is 2.90. The Morgan fingerprint density at radius 2 is 1.72 bits per heavy atom. The van der Waals surface area contributed by atoms with Gasteiger partial charge in [0.2, 0.25) is 0 Å². The maximum atomic E-state index is 11.7. The van der Waals surface area contributed by atoms with Crippen molar-refractivity contribution in [1.82, 2.24) is 5.32 Å². The predicted octanol–water partition coefficient (Wildman–Crippen LogP) is 2.54. The fourth-order valence-electron chi connectivity index (χ4n) is 2.20. The lowest BCUT2D eigenvalue weighted by molar-refractivity contribution is 0.0488. The number of benzene rings is 1. The molecule has 2 rings (SSSR count). The van der Waals surface area contributed by atoms with E-state index < -0.39 is 30.1 Å². The number of rotatable bonds is 6. The second-order valence-electron chi connectivity index (χ2n) is 6.55. The van der Waals surface area contributed by atoms with Crippen LogP contribution >= 0.6 is 0 Å². The number of nitrogens with one attached hydrogen (secondary N) is 2. The highest BCUT2D eigenvalue weighted by Gasteiger charge is 2.37. The van der Waals surface area contributed by atoms with Gasteiger partial charge in [0.15, 0.2) is 12.2 Å². The number of carbonyl (C=O) groups excluding carboxylic acids is 2. The Morgan fingerprint density at radius 1 is 1.12 bits per heavy atom. The third kappa shape index (κ3) is 6.06. The minimum Gasteiger partial charge on any atom is -0.497 e. The summed E-state index contributed by atoms with van der Waals surface area (Å²) < 4.78 is 20.5. The minimum absolute atomic E-state index is 0.107. The molecule has 25 heavy (non-hydrogen) atoms. The van der Waals surface area contributed by atoms with Crippen LogP contribution in [0.3, 0.4) is 0 Å². The number of cyclic esters (lactones) is 2. The van der Waals surface area contributed by atoms with E-state index in [1.165, 1.54) is 0 Å². The summed E-state index contributed by atoms with van der Waals surface area (Å²) in [6, 6.07) is 7.34. The van der Waals surface area contributed by atoms with Gasteiger partial charge >= 0.3 is 12.2 Å². The van der Waals surface area contributed by atoms with Crippen molar-refractivity contribution >= 4 is 17.9 Å². The van der Waals surface area contributed by atoms with Gasteiger partial charge in [-0.1, -0.05) is 0 Å². The van der Waals surface area contributed by atoms with Crippen LogP contribution in [-0.4, -0.2) is 50.3 Å². The maximum Gasteiger partial charge on any atom is 0.509 e. The molecule has 1 aliphatic rings. The minimum atomic E-state index is -0.752. The Hall–Kier alpha value is -2.64. The average molecular weight is 352 g/mol. The molecular formula is C17H24N2O6. The number of hydrogen-bond acceptors (Lipinski definition) is 7. The Kier molecular flexibility index (Phi) is 5.95. The lowest BCUT2D eigenvalue weighted by atomic mass is 10.2. The standard InChI is InChI=1S/C17H24N2O6/c1-17(2,3)25-15(20)19-10-14-13(23-16(21)24-14)9-18-11-5-7-12(22-4)8-6-11/h5-8,13-14,18H,9-10H2,1-4H3,(H,19,20)/t13-,14+/m0/s1. The highest BCUT2D eigenvalue weighted by molar-refractivity contribution is 5.68. The van der Waals surface area contributed by atoms with Crippen molar-refractivity contribution < 1.29 is 28.5 Å². The van der Waals surface area contributed by atoms with Crippen molar-refractivity contribution in [3.63, 3.8) is 0 Å². The van der Waals surface area contributed by atoms with Crippen LogP contribution in [0.2, 0.25) is 0 Å². The molecule has 1 amide bonds. The molecule has 1 aromatic carbocycles. The Balaban J connectivity index is 1.83. The number of amides is 1. The number of ether oxygens (including phenoxy) is 4. The zero-order chi connectivity index (χ0) is 18.4. The Bertz CT molecular complexity index is 596. The molecule has 0 aromatic heterocycles. The second-order valence-corrected chi connectivity index (χ2v) is 6.55. The monoisotopic (exact) mass is 352 g/mol. The summed E-state index contributed by atoms with van der Waals surface area (Å²) in [4.78, 5) is 23.1. The van der Waals surface area contributed by atoms with Gasteiger partial charge in [0.25, 0.3) is 0 Å². The van der Waals surface area contributed by atoms with Gasteiger partial charge in [-0.25, -0.2) is 9.59 Å². The summed E-state index contributed by atoms with van der Waals surface area (Å²) >= 11 is 0. The molecule has 0 aliphatic carbocycles. The number of carbonyl (C=O) groups is 2. The number of methoxy groups -OCH3 is 1. The predicted molar refractivity (Wildman–Crippen MR) is 90.9 cm³/mol. The van der Waals surface area contributed by atoms with Crippen LogP contribution in [0.5, 0.6) is 5.75 Å². The van der Waals surface area contributed by atoms with Crippen molar-refractivity contribution in [2.24, 2.45) is 0 Å². The molecule has 0 spiro atoms. The summed E-state index contributed by atoms with van der Waals surface area (Å²) in [6.07, 6.45) is -2.44. The Labute approximate surface area is 146 Å². The van der Waals surface area contributed by atoms with Crippen molar-refractivity contribution in [2.45, 2.75) is 38.6 Å². The quantitative estimate of drug-likeness (QED) is 0.760. The summed E-state index contributed by atoms with van der Waals surface area (Å²) in [5, 5.41) is 5.74. The van der Waals surface area contributed by atoms with E-state index in [-0.39, 0.29) is 6.54 Å². The highest BCUT2D eigenvalue weighted by Crippen LogP contribution is 2.18. The molecule has 0 unspecified atom stereocenters. The molecule has 2 N–H and O–H groups in total. The molecule has 2 atom stereocenters. The van der Waals surface area contributed by atoms with E-state index in [2.05, 4.69) is 10.6 Å². The highest BCUT2D eigenvalue weighted by atomic mass is 16.8. The van der Waals surface area contributed by atoms with Crippen molar-refractivity contribution in [3.05, 3.63) is 24.3 Å². The number of hydrogen-bond donors (Lipinski definition) is 2. The number of alkyl carbamates (subject to hydrolysis) is 1. The largest absolute Gasteiger partial charge is 0.509 e. The zero-order valence-electron chi connectivity index (χ0n) is 14.8. The SMILES string of the molecule is COc1ccc(NC[C@@H]2OC(=O)O[C@@H]2CNC(=O)OC(C)(C)C)cc1. The van der Waals surface area contributed by atoms with Gasteiger partial charge in [-0.15, -0.1) is 0 Å². The number of anilines is 1. The molecule has 138 valence electrons. The van der Waals surface area contributed by atoms with Crippen LogP contribution in [0, 0.1) is 0 Å². The molecule has 1 fully saturated rings. The van der Waals surface area contributed by atoms with E-state index in [4.69, 9.17) is 18.9 Å². The smallest absolute Gasteiger partial charge is 0.497 e. The van der Waals surface area contributed by atoms with E-state index in [9.17, 15) is 9.59 Å². The van der Waals surface area contributed by atoms with E-state index in [0.717, 1.165) is 11.4 Å². The van der Waals surface area contributed by atoms with Gasteiger partial charge in [0, 0.05) is 5.69 Å². The third-order valence-corrected chi connectivity index (χ3v) is 3.35. The second kappa shape index (κ2) is 7.96. The van der Waals surface area contributed by atoms with Crippen molar-refractivity contribution in [3.8, 4) is 5.75 Å². The van der Waals surface area contributed by atoms with Gasteiger partial charge in [0.05, 0.1) is 20.2 Å². The molecule has 1 saturated heterocycles. The van der Waals surface area contributed by atoms with E-state index in [1.54, 1.807) is 27.9 Å². The van der Waals surface area contributed by atoms with Gasteiger partial charge in [-0.3, -0.25) is 0 Å². The summed E-state index contributed by atoms with van der Waals surface area (Å²) in [6.45, 7) is 5.76. The first kappa shape index (κ1) is 18.7. The first-order chi connectivity index (χ1) is 11.8. The summed E-state index contributed by atoms with van der Waals surface area (Å²) in [7, 11) is 1.60. The van der Waals surface area contributed by atoms with Crippen LogP contribution < -0.4 is 15.4 Å². The normalized spacial score (nSPS) is 19.6. The topological polar surface area (TPSA) is 95.1 Å². The molecule has 1 heterocycles. The summed E-state index contributed by atoms with van der Waals surface area (Å²) in [5.41, 5.74) is 0.255. The Morgan fingerprint density at radius 3 is 2.28 bits per heavy atom. The van der Waals surface area contributed by atoms with Crippen molar-refractivity contribution in [1.29, 1.82) is 0 Å². The van der Waals surface area contributed by atoms with E-state index in [0.29, 0.717) is 6.54 Å².